The van der Waals surface area contributed by atoms with Gasteiger partial charge in [-0.2, -0.15) is 0 Å². The first-order valence-electron chi connectivity index (χ1n) is 10.6. The molecule has 2 N–H and O–H groups in total. The van der Waals surface area contributed by atoms with Gasteiger partial charge in [-0.1, -0.05) is 18.2 Å². The van der Waals surface area contributed by atoms with Crippen molar-refractivity contribution in [3.8, 4) is 17.2 Å². The Kier molecular flexibility index (Phi) is 8.01. The Morgan fingerprint density at radius 1 is 0.941 bits per heavy atom. The van der Waals surface area contributed by atoms with Crippen molar-refractivity contribution in [3.63, 3.8) is 0 Å². The highest BCUT2D eigenvalue weighted by Gasteiger charge is 2.16. The predicted molar refractivity (Wildman–Crippen MR) is 130 cm³/mol. The second kappa shape index (κ2) is 10.9. The van der Waals surface area contributed by atoms with Crippen LogP contribution in [0.4, 0.5) is 5.69 Å². The zero-order valence-electron chi connectivity index (χ0n) is 19.5. The molecule has 3 rings (SSSR count). The van der Waals surface area contributed by atoms with Crippen LogP contribution in [0.2, 0.25) is 0 Å². The van der Waals surface area contributed by atoms with Crippen molar-refractivity contribution in [2.45, 2.75) is 24.8 Å². The van der Waals surface area contributed by atoms with Gasteiger partial charge in [-0.3, -0.25) is 9.52 Å². The zero-order valence-corrected chi connectivity index (χ0v) is 20.3. The average molecular weight is 485 g/mol. The van der Waals surface area contributed by atoms with Crippen molar-refractivity contribution in [1.82, 2.24) is 5.32 Å². The number of anilines is 1. The largest absolute Gasteiger partial charge is 0.493 e. The second-order valence-corrected chi connectivity index (χ2v) is 9.32. The summed E-state index contributed by atoms with van der Waals surface area (Å²) in [7, 11) is -0.632. The van der Waals surface area contributed by atoms with Crippen LogP contribution >= 0.6 is 0 Å². The second-order valence-electron chi connectivity index (χ2n) is 7.64. The van der Waals surface area contributed by atoms with Gasteiger partial charge >= 0.3 is 0 Å². The molecule has 0 aliphatic carbocycles. The molecule has 1 amide bonds. The van der Waals surface area contributed by atoms with Gasteiger partial charge in [-0.15, -0.1) is 0 Å². The topological polar surface area (TPSA) is 103 Å². The Bertz CT molecular complexity index is 1240. The smallest absolute Gasteiger partial charge is 0.261 e. The number of rotatable bonds is 10. The molecular formula is C25H28N2O6S. The summed E-state index contributed by atoms with van der Waals surface area (Å²) in [5.74, 6) is 1.24. The van der Waals surface area contributed by atoms with Gasteiger partial charge in [0.2, 0.25) is 0 Å². The highest BCUT2D eigenvalue weighted by molar-refractivity contribution is 7.92. The van der Waals surface area contributed by atoms with E-state index in [0.717, 1.165) is 11.1 Å². The molecule has 0 radical (unpaired) electrons. The standard InChI is InChI=1S/C25H28N2O6S/c1-17-6-5-7-20(14-17)27-34(29,30)22-11-9-21(10-12-22)33-16-25(28)26-18(2)19-8-13-23(31-3)24(15-19)32-4/h5-15,18,27H,16H2,1-4H3,(H,26,28)/t18-/m0/s1. The van der Waals surface area contributed by atoms with Crippen LogP contribution in [0.3, 0.4) is 0 Å². The Hall–Kier alpha value is -3.72. The minimum Gasteiger partial charge on any atom is -0.493 e. The molecule has 0 fully saturated rings. The minimum absolute atomic E-state index is 0.0906. The number of ether oxygens (including phenoxy) is 3. The molecule has 0 saturated carbocycles. The SMILES string of the molecule is COc1ccc([C@H](C)NC(=O)COc2ccc(S(=O)(=O)Nc3cccc(C)c3)cc2)cc1OC. The number of hydrogen-bond donors (Lipinski definition) is 2. The van der Waals surface area contributed by atoms with Crippen molar-refractivity contribution in [3.05, 3.63) is 77.9 Å². The quantitative estimate of drug-likeness (QED) is 0.450. The first kappa shape index (κ1) is 24.9. The Morgan fingerprint density at radius 3 is 2.29 bits per heavy atom. The van der Waals surface area contributed by atoms with Crippen LogP contribution in [0, 0.1) is 6.92 Å². The molecule has 0 aliphatic heterocycles. The molecule has 8 nitrogen and oxygen atoms in total. The van der Waals surface area contributed by atoms with Gasteiger partial charge in [0.25, 0.3) is 15.9 Å². The molecule has 180 valence electrons. The molecule has 3 aromatic rings. The Labute approximate surface area is 199 Å². The fourth-order valence-electron chi connectivity index (χ4n) is 3.28. The lowest BCUT2D eigenvalue weighted by molar-refractivity contribution is -0.123. The normalized spacial score (nSPS) is 11.9. The van der Waals surface area contributed by atoms with Gasteiger partial charge in [0, 0.05) is 5.69 Å². The molecule has 0 aromatic heterocycles. The average Bonchev–Trinajstić information content (AvgIpc) is 2.82. The summed E-state index contributed by atoms with van der Waals surface area (Å²) in [6, 6.07) is 18.1. The van der Waals surface area contributed by atoms with Gasteiger partial charge < -0.3 is 19.5 Å². The molecule has 0 spiro atoms. The number of hydrogen-bond acceptors (Lipinski definition) is 6. The first-order valence-corrected chi connectivity index (χ1v) is 12.0. The maximum absolute atomic E-state index is 12.6. The van der Waals surface area contributed by atoms with Crippen molar-refractivity contribution < 1.29 is 27.4 Å². The van der Waals surface area contributed by atoms with E-state index in [-0.39, 0.29) is 23.5 Å². The van der Waals surface area contributed by atoms with Gasteiger partial charge in [0.1, 0.15) is 5.75 Å². The summed E-state index contributed by atoms with van der Waals surface area (Å²) >= 11 is 0. The molecule has 0 unspecified atom stereocenters. The maximum atomic E-state index is 12.6. The monoisotopic (exact) mass is 484 g/mol. The van der Waals surface area contributed by atoms with Crippen LogP contribution in [0.5, 0.6) is 17.2 Å². The third-order valence-electron chi connectivity index (χ3n) is 5.06. The molecule has 3 aromatic carbocycles. The van der Waals surface area contributed by atoms with E-state index in [9.17, 15) is 13.2 Å². The van der Waals surface area contributed by atoms with Crippen LogP contribution in [-0.2, 0) is 14.8 Å². The van der Waals surface area contributed by atoms with Gasteiger partial charge in [-0.05, 0) is 73.5 Å². The summed E-state index contributed by atoms with van der Waals surface area (Å²) < 4.78 is 43.8. The van der Waals surface area contributed by atoms with Gasteiger partial charge in [0.05, 0.1) is 25.2 Å². The number of sulfonamides is 1. The van der Waals surface area contributed by atoms with Crippen LogP contribution in [0.1, 0.15) is 24.1 Å². The fourth-order valence-corrected chi connectivity index (χ4v) is 4.32. The van der Waals surface area contributed by atoms with E-state index in [4.69, 9.17) is 14.2 Å². The lowest BCUT2D eigenvalue weighted by atomic mass is 10.1. The van der Waals surface area contributed by atoms with Crippen molar-refractivity contribution in [1.29, 1.82) is 0 Å². The number of methoxy groups -OCH3 is 2. The fraction of sp³-hybridized carbons (Fsp3) is 0.240. The number of carbonyl (C=O) groups is 1. The van der Waals surface area contributed by atoms with Crippen molar-refractivity contribution >= 4 is 21.6 Å². The summed E-state index contributed by atoms with van der Waals surface area (Å²) in [5, 5.41) is 2.86. The van der Waals surface area contributed by atoms with Gasteiger partial charge in [0.15, 0.2) is 18.1 Å². The van der Waals surface area contributed by atoms with E-state index < -0.39 is 10.0 Å². The molecular weight excluding hydrogens is 456 g/mol. The molecule has 0 bridgehead atoms. The van der Waals surface area contributed by atoms with Gasteiger partial charge in [-0.25, -0.2) is 8.42 Å². The molecule has 0 aliphatic rings. The molecule has 0 heterocycles. The van der Waals surface area contributed by atoms with Crippen LogP contribution in [0.25, 0.3) is 0 Å². The number of nitrogens with one attached hydrogen (secondary N) is 2. The van der Waals surface area contributed by atoms with Crippen molar-refractivity contribution in [2.24, 2.45) is 0 Å². The Balaban J connectivity index is 1.56. The van der Waals surface area contributed by atoms with Crippen LogP contribution in [0.15, 0.2) is 71.6 Å². The predicted octanol–water partition coefficient (Wildman–Crippen LogP) is 4.07. The summed E-state index contributed by atoms with van der Waals surface area (Å²) in [5.41, 5.74) is 2.28. The lowest BCUT2D eigenvalue weighted by Crippen LogP contribution is -2.31. The third kappa shape index (κ3) is 6.41. The number of benzene rings is 3. The molecule has 1 atom stereocenters. The molecule has 34 heavy (non-hydrogen) atoms. The maximum Gasteiger partial charge on any atom is 0.261 e. The summed E-state index contributed by atoms with van der Waals surface area (Å²) in [6.07, 6.45) is 0. The van der Waals surface area contributed by atoms with Crippen LogP contribution < -0.4 is 24.2 Å². The third-order valence-corrected chi connectivity index (χ3v) is 6.46. The van der Waals surface area contributed by atoms with E-state index in [1.165, 1.54) is 24.3 Å². The number of aryl methyl sites for hydroxylation is 1. The minimum atomic E-state index is -3.74. The highest BCUT2D eigenvalue weighted by atomic mass is 32.2. The summed E-state index contributed by atoms with van der Waals surface area (Å²) in [6.45, 7) is 3.51. The molecule has 9 heteroatoms. The van der Waals surface area contributed by atoms with Crippen LogP contribution in [-0.4, -0.2) is 35.2 Å². The first-order chi connectivity index (χ1) is 16.2. The zero-order chi connectivity index (χ0) is 24.7. The lowest BCUT2D eigenvalue weighted by Gasteiger charge is -2.17. The number of amides is 1. The Morgan fingerprint density at radius 2 is 1.65 bits per heavy atom. The van der Waals surface area contributed by atoms with E-state index in [0.29, 0.717) is 22.9 Å². The van der Waals surface area contributed by atoms with Crippen molar-refractivity contribution in [2.75, 3.05) is 25.5 Å². The van der Waals surface area contributed by atoms with E-state index in [2.05, 4.69) is 10.0 Å². The molecule has 0 saturated heterocycles. The van der Waals surface area contributed by atoms with E-state index >= 15 is 0 Å². The van der Waals surface area contributed by atoms with E-state index in [1.54, 1.807) is 44.6 Å². The van der Waals surface area contributed by atoms with E-state index in [1.807, 2.05) is 26.0 Å². The number of carbonyl (C=O) groups excluding carboxylic acids is 1. The summed E-state index contributed by atoms with van der Waals surface area (Å²) in [4.78, 5) is 12.4. The highest BCUT2D eigenvalue weighted by Crippen LogP contribution is 2.29.